The van der Waals surface area contributed by atoms with Crippen molar-refractivity contribution in [2.24, 2.45) is 5.73 Å². The highest BCUT2D eigenvalue weighted by Gasteiger charge is 2.27. The zero-order valence-electron chi connectivity index (χ0n) is 23.4. The van der Waals surface area contributed by atoms with E-state index in [-0.39, 0.29) is 28.6 Å². The number of nitrogens with one attached hydrogen (secondary N) is 1. The summed E-state index contributed by atoms with van der Waals surface area (Å²) in [5.41, 5.74) is 8.80. The number of benzene rings is 2. The van der Waals surface area contributed by atoms with E-state index < -0.39 is 21.0 Å². The van der Waals surface area contributed by atoms with Crippen molar-refractivity contribution in [1.29, 1.82) is 0 Å². The minimum Gasteiger partial charge on any atom is -0.496 e. The lowest BCUT2D eigenvalue weighted by molar-refractivity contribution is -0.116. The number of methoxy groups -OCH3 is 1. The van der Waals surface area contributed by atoms with E-state index in [9.17, 15) is 18.0 Å². The molecule has 1 atom stereocenters. The first kappa shape index (κ1) is 30.4. The Hall–Kier alpha value is -2.87. The van der Waals surface area contributed by atoms with Crippen LogP contribution in [0.1, 0.15) is 100 Å². The Morgan fingerprint density at radius 1 is 1.11 bits per heavy atom. The van der Waals surface area contributed by atoms with Crippen LogP contribution in [0.3, 0.4) is 0 Å². The number of primary amides is 1. The molecule has 0 radical (unpaired) electrons. The van der Waals surface area contributed by atoms with Crippen molar-refractivity contribution in [2.75, 3.05) is 12.4 Å². The van der Waals surface area contributed by atoms with Gasteiger partial charge in [-0.25, -0.2) is 8.42 Å². The van der Waals surface area contributed by atoms with Crippen LogP contribution in [0.4, 0.5) is 5.69 Å². The molecule has 2 aromatic carbocycles. The number of rotatable bonds is 11. The maximum absolute atomic E-state index is 13.4. The van der Waals surface area contributed by atoms with Crippen molar-refractivity contribution in [3.8, 4) is 5.75 Å². The highest BCUT2D eigenvalue weighted by molar-refractivity contribution is 7.92. The van der Waals surface area contributed by atoms with Crippen molar-refractivity contribution < 1.29 is 22.7 Å². The first-order valence-electron chi connectivity index (χ1n) is 12.8. The van der Waals surface area contributed by atoms with Crippen molar-refractivity contribution in [2.45, 2.75) is 95.6 Å². The Morgan fingerprint density at radius 2 is 1.76 bits per heavy atom. The molecule has 3 N–H and O–H groups in total. The molecule has 0 saturated carbocycles. The Morgan fingerprint density at radius 3 is 2.27 bits per heavy atom. The Bertz CT molecular complexity index is 1240. The van der Waals surface area contributed by atoms with Crippen molar-refractivity contribution in [3.63, 3.8) is 0 Å². The molecule has 0 spiro atoms. The molecule has 0 heterocycles. The number of hydrogen-bond donors (Lipinski definition) is 2. The molecule has 37 heavy (non-hydrogen) atoms. The number of amides is 2. The number of unbranched alkanes of at least 4 members (excludes halogenated alkanes) is 1. The highest BCUT2D eigenvalue weighted by Crippen LogP contribution is 2.37. The summed E-state index contributed by atoms with van der Waals surface area (Å²) in [5, 5.41) is 2.48. The third-order valence-corrected chi connectivity index (χ3v) is 8.73. The smallest absolute Gasteiger partial charge is 0.248 e. The number of nitrogens with two attached hydrogens (primary N) is 1. The van der Waals surface area contributed by atoms with Gasteiger partial charge in [0.05, 0.1) is 17.3 Å². The van der Waals surface area contributed by atoms with E-state index in [4.69, 9.17) is 10.5 Å². The van der Waals surface area contributed by atoms with Gasteiger partial charge < -0.3 is 15.8 Å². The van der Waals surface area contributed by atoms with Crippen LogP contribution in [0.5, 0.6) is 5.75 Å². The summed E-state index contributed by atoms with van der Waals surface area (Å²) >= 11 is 0. The number of aryl methyl sites for hydroxylation is 1. The zero-order valence-corrected chi connectivity index (χ0v) is 24.2. The average Bonchev–Trinajstić information content (AvgIpc) is 2.79. The average molecular weight is 531 g/mol. The molecule has 204 valence electrons. The van der Waals surface area contributed by atoms with Crippen LogP contribution < -0.4 is 15.8 Å². The lowest BCUT2D eigenvalue weighted by Gasteiger charge is -2.27. The van der Waals surface area contributed by atoms with Crippen LogP contribution in [0, 0.1) is 6.92 Å². The monoisotopic (exact) mass is 530 g/mol. The Kier molecular flexibility index (Phi) is 9.94. The number of anilines is 1. The number of hydrogen-bond acceptors (Lipinski definition) is 5. The molecule has 0 aliphatic rings. The fraction of sp³-hybridized carbons (Fsp3) is 0.517. The van der Waals surface area contributed by atoms with Gasteiger partial charge in [0.25, 0.3) is 0 Å². The Balaban J connectivity index is 2.47. The summed E-state index contributed by atoms with van der Waals surface area (Å²) in [7, 11) is -1.95. The number of sulfone groups is 1. The van der Waals surface area contributed by atoms with Gasteiger partial charge in [-0.2, -0.15) is 0 Å². The van der Waals surface area contributed by atoms with E-state index in [1.165, 1.54) is 7.11 Å². The molecule has 8 heteroatoms. The van der Waals surface area contributed by atoms with Crippen LogP contribution in [-0.2, 0) is 20.0 Å². The van der Waals surface area contributed by atoms with E-state index in [0.717, 1.165) is 36.0 Å². The molecule has 0 saturated heterocycles. The number of carbonyl (C=O) groups is 2. The van der Waals surface area contributed by atoms with E-state index in [0.29, 0.717) is 17.0 Å². The van der Waals surface area contributed by atoms with Gasteiger partial charge in [0, 0.05) is 17.7 Å². The third kappa shape index (κ3) is 7.34. The molecule has 0 bridgehead atoms. The molecule has 0 aliphatic carbocycles. The van der Waals surface area contributed by atoms with Crippen molar-refractivity contribution in [1.82, 2.24) is 0 Å². The molecule has 1 unspecified atom stereocenters. The number of ether oxygens (including phenoxy) is 1. The summed E-state index contributed by atoms with van der Waals surface area (Å²) in [6.07, 6.45) is 2.77. The predicted molar refractivity (Wildman–Crippen MR) is 149 cm³/mol. The lowest BCUT2D eigenvalue weighted by atomic mass is 9.82. The van der Waals surface area contributed by atoms with Gasteiger partial charge in [-0.05, 0) is 79.5 Å². The minimum atomic E-state index is -3.46. The van der Waals surface area contributed by atoms with E-state index in [1.807, 2.05) is 6.92 Å². The fourth-order valence-electron chi connectivity index (χ4n) is 4.74. The zero-order chi connectivity index (χ0) is 28.1. The lowest BCUT2D eigenvalue weighted by Crippen LogP contribution is -2.23. The molecular weight excluding hydrogens is 488 g/mol. The summed E-state index contributed by atoms with van der Waals surface area (Å²) in [6, 6.07) is 8.31. The topological polar surface area (TPSA) is 116 Å². The maximum atomic E-state index is 13.4. The summed E-state index contributed by atoms with van der Waals surface area (Å²) in [6.45, 7) is 13.4. The van der Waals surface area contributed by atoms with Gasteiger partial charge in [0.1, 0.15) is 5.75 Å². The first-order valence-corrected chi connectivity index (χ1v) is 14.3. The van der Waals surface area contributed by atoms with Crippen LogP contribution >= 0.6 is 0 Å². The van der Waals surface area contributed by atoms with Crippen LogP contribution in [-0.4, -0.2) is 32.6 Å². The molecule has 2 amide bonds. The van der Waals surface area contributed by atoms with Gasteiger partial charge >= 0.3 is 0 Å². The standard InChI is InChI=1S/C29H42N2O5S/c1-9-10-11-20(23-13-12-22(17-25(23)36-8)37(34,35)18(2)3)16-26(32)31-24-15-21(28(30)33)14-19(4)27(24)29(5,6)7/h12-15,17-18,20H,9-11,16H2,1-8H3,(H2,30,33)(H,31,32). The predicted octanol–water partition coefficient (Wildman–Crippen LogP) is 5.88. The second-order valence-corrected chi connectivity index (χ2v) is 13.4. The second-order valence-electron chi connectivity index (χ2n) is 10.9. The van der Waals surface area contributed by atoms with Gasteiger partial charge in [-0.1, -0.05) is 46.6 Å². The second kappa shape index (κ2) is 12.1. The molecule has 2 aromatic rings. The largest absolute Gasteiger partial charge is 0.496 e. The van der Waals surface area contributed by atoms with Gasteiger partial charge in [-0.3, -0.25) is 9.59 Å². The summed E-state index contributed by atoms with van der Waals surface area (Å²) in [5.74, 6) is -0.476. The minimum absolute atomic E-state index is 0.177. The molecule has 0 fully saturated rings. The Labute approximate surface area is 222 Å². The third-order valence-electron chi connectivity index (χ3n) is 6.58. The quantitative estimate of drug-likeness (QED) is 0.376. The first-order chi connectivity index (χ1) is 17.1. The molecule has 2 rings (SSSR count). The van der Waals surface area contributed by atoms with Gasteiger partial charge in [0.15, 0.2) is 9.84 Å². The molecular formula is C29H42N2O5S. The van der Waals surface area contributed by atoms with Crippen molar-refractivity contribution >= 4 is 27.3 Å². The SMILES string of the molecule is CCCCC(CC(=O)Nc1cc(C(N)=O)cc(C)c1C(C)(C)C)c1ccc(S(=O)(=O)C(C)C)cc1OC. The van der Waals surface area contributed by atoms with Gasteiger partial charge in [-0.15, -0.1) is 0 Å². The maximum Gasteiger partial charge on any atom is 0.248 e. The van der Waals surface area contributed by atoms with Crippen LogP contribution in [0.2, 0.25) is 0 Å². The fourth-order valence-corrected chi connectivity index (χ4v) is 5.82. The summed E-state index contributed by atoms with van der Waals surface area (Å²) < 4.78 is 31.0. The van der Waals surface area contributed by atoms with Crippen LogP contribution in [0.15, 0.2) is 35.2 Å². The molecule has 0 aliphatic heterocycles. The van der Waals surface area contributed by atoms with E-state index in [2.05, 4.69) is 33.0 Å². The van der Waals surface area contributed by atoms with Crippen LogP contribution in [0.25, 0.3) is 0 Å². The highest BCUT2D eigenvalue weighted by atomic mass is 32.2. The van der Waals surface area contributed by atoms with Gasteiger partial charge in [0.2, 0.25) is 11.8 Å². The van der Waals surface area contributed by atoms with E-state index >= 15 is 0 Å². The van der Waals surface area contributed by atoms with E-state index in [1.54, 1.807) is 44.2 Å². The molecule has 7 nitrogen and oxygen atoms in total. The summed E-state index contributed by atoms with van der Waals surface area (Å²) in [4.78, 5) is 25.5. The molecule has 0 aromatic heterocycles. The number of carbonyl (C=O) groups excluding carboxylic acids is 2. The van der Waals surface area contributed by atoms with Crippen molar-refractivity contribution in [3.05, 3.63) is 52.6 Å². The normalized spacial score (nSPS) is 12.9.